The van der Waals surface area contributed by atoms with Crippen molar-refractivity contribution in [2.24, 2.45) is 0 Å². The minimum Gasteiger partial charge on any atom is -0.493 e. The lowest BCUT2D eigenvalue weighted by Gasteiger charge is -2.10. The van der Waals surface area contributed by atoms with Gasteiger partial charge in [-0.1, -0.05) is 48.0 Å². The van der Waals surface area contributed by atoms with Gasteiger partial charge >= 0.3 is 0 Å². The van der Waals surface area contributed by atoms with E-state index in [1.165, 1.54) is 5.56 Å². The van der Waals surface area contributed by atoms with Crippen molar-refractivity contribution in [3.63, 3.8) is 0 Å². The molecule has 2 nitrogen and oxygen atoms in total. The van der Waals surface area contributed by atoms with Crippen LogP contribution in [0.2, 0.25) is 0 Å². The van der Waals surface area contributed by atoms with E-state index in [1.54, 1.807) is 0 Å². The molecule has 0 radical (unpaired) electrons. The number of aryl methyl sites for hydroxylation is 1. The molecule has 2 heteroatoms. The predicted octanol–water partition coefficient (Wildman–Crippen LogP) is 3.11. The van der Waals surface area contributed by atoms with Gasteiger partial charge in [0.1, 0.15) is 5.75 Å². The maximum Gasteiger partial charge on any atom is 0.124 e. The molecule has 1 N–H and O–H groups in total. The molecule has 0 heterocycles. The smallest absolute Gasteiger partial charge is 0.124 e. The number of hydrogen-bond acceptors (Lipinski definition) is 2. The third-order valence-corrected chi connectivity index (χ3v) is 2.88. The average molecular weight is 242 g/mol. The molecule has 0 aliphatic heterocycles. The molecule has 0 aliphatic rings. The Morgan fingerprint density at radius 2 is 1.83 bits per heavy atom. The standard InChI is InChI=1S/C16H18O2/c1-13-7-8-16(15(11-13)12-17)18-10-9-14-5-3-2-4-6-14/h2-8,11,17H,9-10,12H2,1H3. The SMILES string of the molecule is Cc1ccc(OCCc2ccccc2)c(CO)c1. The summed E-state index contributed by atoms with van der Waals surface area (Å²) in [7, 11) is 0. The minimum absolute atomic E-state index is 0.0162. The Kier molecular flexibility index (Phi) is 4.37. The van der Waals surface area contributed by atoms with Crippen LogP contribution < -0.4 is 4.74 Å². The lowest BCUT2D eigenvalue weighted by molar-refractivity contribution is 0.263. The van der Waals surface area contributed by atoms with Gasteiger partial charge in [0, 0.05) is 12.0 Å². The van der Waals surface area contributed by atoms with Gasteiger partial charge in [-0.25, -0.2) is 0 Å². The Morgan fingerprint density at radius 1 is 1.06 bits per heavy atom. The Bertz CT molecular complexity index is 492. The maximum atomic E-state index is 9.28. The second kappa shape index (κ2) is 6.22. The van der Waals surface area contributed by atoms with E-state index >= 15 is 0 Å². The Balaban J connectivity index is 1.94. The summed E-state index contributed by atoms with van der Waals surface area (Å²) in [5.41, 5.74) is 3.24. The van der Waals surface area contributed by atoms with Gasteiger partial charge < -0.3 is 9.84 Å². The number of ether oxygens (including phenoxy) is 1. The molecule has 0 spiro atoms. The first kappa shape index (κ1) is 12.7. The van der Waals surface area contributed by atoms with Crippen LogP contribution in [0.25, 0.3) is 0 Å². The summed E-state index contributed by atoms with van der Waals surface area (Å²) in [5, 5.41) is 9.28. The van der Waals surface area contributed by atoms with Crippen LogP contribution in [0, 0.1) is 6.92 Å². The minimum atomic E-state index is 0.0162. The molecular weight excluding hydrogens is 224 g/mol. The van der Waals surface area contributed by atoms with Crippen molar-refractivity contribution in [1.29, 1.82) is 0 Å². The van der Waals surface area contributed by atoms with Crippen molar-refractivity contribution in [2.75, 3.05) is 6.61 Å². The molecule has 2 aromatic carbocycles. The molecule has 0 fully saturated rings. The molecule has 0 saturated heterocycles. The molecule has 94 valence electrons. The lowest BCUT2D eigenvalue weighted by Crippen LogP contribution is -2.03. The first-order chi connectivity index (χ1) is 8.79. The van der Waals surface area contributed by atoms with E-state index in [1.807, 2.05) is 43.3 Å². The molecule has 18 heavy (non-hydrogen) atoms. The van der Waals surface area contributed by atoms with Gasteiger partial charge in [0.25, 0.3) is 0 Å². The van der Waals surface area contributed by atoms with Crippen LogP contribution in [0.4, 0.5) is 0 Å². The molecular formula is C16H18O2. The normalized spacial score (nSPS) is 10.3. The summed E-state index contributed by atoms with van der Waals surface area (Å²) in [6.45, 7) is 2.65. The predicted molar refractivity (Wildman–Crippen MR) is 72.7 cm³/mol. The summed E-state index contributed by atoms with van der Waals surface area (Å²) in [6, 6.07) is 16.1. The fraction of sp³-hybridized carbons (Fsp3) is 0.250. The number of hydrogen-bond donors (Lipinski definition) is 1. The molecule has 0 aromatic heterocycles. The average Bonchev–Trinajstić information content (AvgIpc) is 2.41. The number of rotatable bonds is 5. The highest BCUT2D eigenvalue weighted by atomic mass is 16.5. The van der Waals surface area contributed by atoms with E-state index in [-0.39, 0.29) is 6.61 Å². The molecule has 0 unspecified atom stereocenters. The van der Waals surface area contributed by atoms with Gasteiger partial charge in [0.15, 0.2) is 0 Å². The van der Waals surface area contributed by atoms with Gasteiger partial charge in [0.2, 0.25) is 0 Å². The van der Waals surface area contributed by atoms with Gasteiger partial charge in [-0.05, 0) is 18.6 Å². The fourth-order valence-electron chi connectivity index (χ4n) is 1.90. The third kappa shape index (κ3) is 3.34. The van der Waals surface area contributed by atoms with E-state index in [4.69, 9.17) is 4.74 Å². The summed E-state index contributed by atoms with van der Waals surface area (Å²) in [5.74, 6) is 0.777. The van der Waals surface area contributed by atoms with Crippen molar-refractivity contribution < 1.29 is 9.84 Å². The second-order valence-corrected chi connectivity index (χ2v) is 4.35. The zero-order valence-electron chi connectivity index (χ0n) is 10.6. The van der Waals surface area contributed by atoms with Crippen molar-refractivity contribution in [3.05, 3.63) is 65.2 Å². The maximum absolute atomic E-state index is 9.28. The van der Waals surface area contributed by atoms with Gasteiger partial charge in [-0.2, -0.15) is 0 Å². The van der Waals surface area contributed by atoms with Crippen LogP contribution in [0.15, 0.2) is 48.5 Å². The first-order valence-corrected chi connectivity index (χ1v) is 6.16. The molecule has 0 saturated carbocycles. The van der Waals surface area contributed by atoms with Crippen LogP contribution in [-0.2, 0) is 13.0 Å². The highest BCUT2D eigenvalue weighted by Crippen LogP contribution is 2.20. The number of aliphatic hydroxyl groups excluding tert-OH is 1. The highest BCUT2D eigenvalue weighted by Gasteiger charge is 2.03. The monoisotopic (exact) mass is 242 g/mol. The van der Waals surface area contributed by atoms with Gasteiger partial charge in [-0.3, -0.25) is 0 Å². The van der Waals surface area contributed by atoms with Crippen LogP contribution in [0.3, 0.4) is 0 Å². The Morgan fingerprint density at radius 3 is 2.56 bits per heavy atom. The van der Waals surface area contributed by atoms with Crippen LogP contribution in [-0.4, -0.2) is 11.7 Å². The zero-order valence-corrected chi connectivity index (χ0v) is 10.6. The van der Waals surface area contributed by atoms with E-state index in [0.29, 0.717) is 6.61 Å². The Labute approximate surface area is 108 Å². The summed E-state index contributed by atoms with van der Waals surface area (Å²) < 4.78 is 5.73. The summed E-state index contributed by atoms with van der Waals surface area (Å²) >= 11 is 0. The Hall–Kier alpha value is -1.80. The molecule has 0 bridgehead atoms. The van der Waals surface area contributed by atoms with E-state index in [0.717, 1.165) is 23.3 Å². The zero-order chi connectivity index (χ0) is 12.8. The second-order valence-electron chi connectivity index (χ2n) is 4.35. The van der Waals surface area contributed by atoms with E-state index < -0.39 is 0 Å². The van der Waals surface area contributed by atoms with E-state index in [2.05, 4.69) is 12.1 Å². The highest BCUT2D eigenvalue weighted by molar-refractivity contribution is 5.36. The van der Waals surface area contributed by atoms with E-state index in [9.17, 15) is 5.11 Å². The van der Waals surface area contributed by atoms with Crippen LogP contribution >= 0.6 is 0 Å². The van der Waals surface area contributed by atoms with Crippen molar-refractivity contribution in [1.82, 2.24) is 0 Å². The van der Waals surface area contributed by atoms with Gasteiger partial charge in [0.05, 0.1) is 13.2 Å². The summed E-state index contributed by atoms with van der Waals surface area (Å²) in [4.78, 5) is 0. The lowest BCUT2D eigenvalue weighted by atomic mass is 10.1. The largest absolute Gasteiger partial charge is 0.493 e. The quantitative estimate of drug-likeness (QED) is 0.873. The molecule has 0 atom stereocenters. The molecule has 0 aliphatic carbocycles. The van der Waals surface area contributed by atoms with Crippen molar-refractivity contribution in [3.8, 4) is 5.75 Å². The fourth-order valence-corrected chi connectivity index (χ4v) is 1.90. The molecule has 2 aromatic rings. The molecule has 2 rings (SSSR count). The topological polar surface area (TPSA) is 29.5 Å². The summed E-state index contributed by atoms with van der Waals surface area (Å²) in [6.07, 6.45) is 0.875. The molecule has 0 amide bonds. The first-order valence-electron chi connectivity index (χ1n) is 6.16. The number of benzene rings is 2. The van der Waals surface area contributed by atoms with Crippen LogP contribution in [0.5, 0.6) is 5.75 Å². The van der Waals surface area contributed by atoms with Gasteiger partial charge in [-0.15, -0.1) is 0 Å². The van der Waals surface area contributed by atoms with Crippen molar-refractivity contribution >= 4 is 0 Å². The third-order valence-electron chi connectivity index (χ3n) is 2.88. The number of aliphatic hydroxyl groups is 1. The van der Waals surface area contributed by atoms with Crippen molar-refractivity contribution in [2.45, 2.75) is 20.0 Å². The van der Waals surface area contributed by atoms with Crippen LogP contribution in [0.1, 0.15) is 16.7 Å².